The number of hydrogen-bond acceptors (Lipinski definition) is 2. The molecule has 27 heavy (non-hydrogen) atoms. The van der Waals surface area contributed by atoms with E-state index in [1.165, 1.54) is 6.07 Å². The lowest BCUT2D eigenvalue weighted by Crippen LogP contribution is -2.29. The summed E-state index contributed by atoms with van der Waals surface area (Å²) in [5.74, 6) is 5.68. The molecule has 3 rings (SSSR count). The van der Waals surface area contributed by atoms with Gasteiger partial charge in [0.15, 0.2) is 0 Å². The fraction of sp³-hybridized carbons (Fsp3) is 0.0870. The second kappa shape index (κ2) is 9.21. The molecule has 0 aliphatic rings. The summed E-state index contributed by atoms with van der Waals surface area (Å²) in [5, 5.41) is 5.76. The zero-order chi connectivity index (χ0) is 18.9. The summed E-state index contributed by atoms with van der Waals surface area (Å²) < 4.78 is 13.6. The van der Waals surface area contributed by atoms with E-state index in [2.05, 4.69) is 22.5 Å². The zero-order valence-corrected chi connectivity index (χ0v) is 14.7. The maximum absolute atomic E-state index is 13.6. The molecule has 3 nitrogen and oxygen atoms in total. The maximum Gasteiger partial charge on any atom is 0.239 e. The largest absolute Gasteiger partial charge is 0.376 e. The fourth-order valence-electron chi connectivity index (χ4n) is 2.45. The number of nitrogens with one attached hydrogen (secondary N) is 2. The summed E-state index contributed by atoms with van der Waals surface area (Å²) >= 11 is 0. The summed E-state index contributed by atoms with van der Waals surface area (Å²) in [6.45, 7) is 0.264. The van der Waals surface area contributed by atoms with Crippen LogP contribution in [0.3, 0.4) is 0 Å². The Balaban J connectivity index is 1.53. The summed E-state index contributed by atoms with van der Waals surface area (Å²) in [7, 11) is 0. The molecule has 3 aromatic carbocycles. The third kappa shape index (κ3) is 5.72. The van der Waals surface area contributed by atoms with Crippen molar-refractivity contribution in [1.29, 1.82) is 0 Å². The van der Waals surface area contributed by atoms with Crippen molar-refractivity contribution < 1.29 is 9.18 Å². The molecule has 0 saturated carbocycles. The van der Waals surface area contributed by atoms with E-state index in [0.29, 0.717) is 5.56 Å². The minimum atomic E-state index is -0.324. The standard InChI is InChI=1S/C23H19FN2O/c24-22-12-5-4-10-20(22)16-26-23(27)17-25-21-11-6-9-19(15-21)14-13-18-7-2-1-3-8-18/h1-12,15,25H,16-17H2,(H,26,27). The first-order valence-electron chi connectivity index (χ1n) is 8.62. The lowest BCUT2D eigenvalue weighted by Gasteiger charge is -2.08. The Morgan fingerprint density at radius 2 is 1.56 bits per heavy atom. The lowest BCUT2D eigenvalue weighted by atomic mass is 10.1. The SMILES string of the molecule is O=C(CNc1cccc(C#Cc2ccccc2)c1)NCc1ccccc1F. The molecule has 134 valence electrons. The highest BCUT2D eigenvalue weighted by Crippen LogP contribution is 2.10. The van der Waals surface area contributed by atoms with Crippen LogP contribution in [-0.2, 0) is 11.3 Å². The molecular formula is C23H19FN2O. The summed E-state index contributed by atoms with van der Waals surface area (Å²) in [6.07, 6.45) is 0. The molecule has 0 saturated heterocycles. The van der Waals surface area contributed by atoms with Crippen molar-refractivity contribution in [2.75, 3.05) is 11.9 Å². The van der Waals surface area contributed by atoms with Crippen molar-refractivity contribution in [3.05, 3.63) is 101 Å². The topological polar surface area (TPSA) is 41.1 Å². The van der Waals surface area contributed by atoms with Gasteiger partial charge in [0.2, 0.25) is 5.91 Å². The normalized spacial score (nSPS) is 9.81. The summed E-state index contributed by atoms with van der Waals surface area (Å²) in [5.41, 5.74) is 3.07. The Labute approximate surface area is 158 Å². The van der Waals surface area contributed by atoms with E-state index in [1.807, 2.05) is 54.6 Å². The minimum Gasteiger partial charge on any atom is -0.376 e. The Kier molecular flexibility index (Phi) is 6.21. The smallest absolute Gasteiger partial charge is 0.239 e. The lowest BCUT2D eigenvalue weighted by molar-refractivity contribution is -0.119. The molecule has 3 aromatic rings. The molecule has 0 aliphatic carbocycles. The van der Waals surface area contributed by atoms with E-state index >= 15 is 0 Å². The average molecular weight is 358 g/mol. The van der Waals surface area contributed by atoms with Crippen LogP contribution in [0.15, 0.2) is 78.9 Å². The molecule has 0 spiro atoms. The Morgan fingerprint density at radius 1 is 0.852 bits per heavy atom. The number of halogens is 1. The van der Waals surface area contributed by atoms with E-state index in [9.17, 15) is 9.18 Å². The maximum atomic E-state index is 13.6. The van der Waals surface area contributed by atoms with E-state index in [4.69, 9.17) is 0 Å². The van der Waals surface area contributed by atoms with Crippen molar-refractivity contribution in [3.8, 4) is 11.8 Å². The molecule has 0 unspecified atom stereocenters. The van der Waals surface area contributed by atoms with Crippen molar-refractivity contribution in [2.45, 2.75) is 6.54 Å². The van der Waals surface area contributed by atoms with Crippen molar-refractivity contribution in [1.82, 2.24) is 5.32 Å². The van der Waals surface area contributed by atoms with E-state index in [-0.39, 0.29) is 24.8 Å². The molecular weight excluding hydrogens is 339 g/mol. The number of anilines is 1. The van der Waals surface area contributed by atoms with E-state index in [1.54, 1.807) is 18.2 Å². The van der Waals surface area contributed by atoms with Gasteiger partial charge in [-0.1, -0.05) is 54.3 Å². The van der Waals surface area contributed by atoms with Crippen LogP contribution in [0.2, 0.25) is 0 Å². The quantitative estimate of drug-likeness (QED) is 0.678. The van der Waals surface area contributed by atoms with E-state index in [0.717, 1.165) is 16.8 Å². The monoisotopic (exact) mass is 358 g/mol. The number of carbonyl (C=O) groups excluding carboxylic acids is 1. The van der Waals surface area contributed by atoms with Gasteiger partial charge in [-0.15, -0.1) is 0 Å². The molecule has 0 aromatic heterocycles. The average Bonchev–Trinajstić information content (AvgIpc) is 2.71. The highest BCUT2D eigenvalue weighted by molar-refractivity contribution is 5.80. The summed E-state index contributed by atoms with van der Waals surface area (Å²) in [4.78, 5) is 12.0. The number of carbonyl (C=O) groups is 1. The molecule has 0 radical (unpaired) electrons. The first kappa shape index (κ1) is 18.2. The van der Waals surface area contributed by atoms with Gasteiger partial charge in [0.25, 0.3) is 0 Å². The highest BCUT2D eigenvalue weighted by atomic mass is 19.1. The van der Waals surface area contributed by atoms with Crippen LogP contribution < -0.4 is 10.6 Å². The zero-order valence-electron chi connectivity index (χ0n) is 14.7. The molecule has 0 aliphatic heterocycles. The van der Waals surface area contributed by atoms with Gasteiger partial charge in [-0.3, -0.25) is 4.79 Å². The molecule has 0 fully saturated rings. The first-order valence-corrected chi connectivity index (χ1v) is 8.62. The van der Waals surface area contributed by atoms with Gasteiger partial charge >= 0.3 is 0 Å². The first-order chi connectivity index (χ1) is 13.2. The van der Waals surface area contributed by atoms with Crippen LogP contribution in [0.1, 0.15) is 16.7 Å². The predicted octanol–water partition coefficient (Wildman–Crippen LogP) is 3.95. The van der Waals surface area contributed by atoms with Gasteiger partial charge in [0, 0.05) is 28.9 Å². The van der Waals surface area contributed by atoms with E-state index < -0.39 is 0 Å². The molecule has 2 N–H and O–H groups in total. The van der Waals surface area contributed by atoms with Gasteiger partial charge < -0.3 is 10.6 Å². The predicted molar refractivity (Wildman–Crippen MR) is 106 cm³/mol. The molecule has 0 atom stereocenters. The van der Waals surface area contributed by atoms with Gasteiger partial charge in [-0.2, -0.15) is 0 Å². The van der Waals surface area contributed by atoms with Crippen LogP contribution in [0.4, 0.5) is 10.1 Å². The van der Waals surface area contributed by atoms with Crippen molar-refractivity contribution in [2.24, 2.45) is 0 Å². The fourth-order valence-corrected chi connectivity index (χ4v) is 2.45. The third-order valence-electron chi connectivity index (χ3n) is 3.87. The van der Waals surface area contributed by atoms with Gasteiger partial charge in [0.05, 0.1) is 6.54 Å². The minimum absolute atomic E-state index is 0.101. The molecule has 1 amide bonds. The van der Waals surface area contributed by atoms with Gasteiger partial charge in [-0.05, 0) is 36.4 Å². The second-order valence-corrected chi connectivity index (χ2v) is 5.92. The van der Waals surface area contributed by atoms with Gasteiger partial charge in [0.1, 0.15) is 5.82 Å². The Morgan fingerprint density at radius 3 is 2.37 bits per heavy atom. The van der Waals surface area contributed by atoms with Crippen LogP contribution in [0.5, 0.6) is 0 Å². The van der Waals surface area contributed by atoms with Crippen molar-refractivity contribution >= 4 is 11.6 Å². The summed E-state index contributed by atoms with van der Waals surface area (Å²) in [6, 6.07) is 23.7. The number of rotatable bonds is 5. The Hall–Kier alpha value is -3.58. The third-order valence-corrected chi connectivity index (χ3v) is 3.87. The van der Waals surface area contributed by atoms with Gasteiger partial charge in [-0.25, -0.2) is 4.39 Å². The number of amides is 1. The van der Waals surface area contributed by atoms with Crippen molar-refractivity contribution in [3.63, 3.8) is 0 Å². The van der Waals surface area contributed by atoms with Crippen LogP contribution in [0.25, 0.3) is 0 Å². The van der Waals surface area contributed by atoms with Crippen LogP contribution in [-0.4, -0.2) is 12.5 Å². The van der Waals surface area contributed by atoms with Crippen LogP contribution in [0, 0.1) is 17.7 Å². The number of hydrogen-bond donors (Lipinski definition) is 2. The Bertz CT molecular complexity index is 974. The number of benzene rings is 3. The molecule has 4 heteroatoms. The molecule has 0 bridgehead atoms. The molecule has 0 heterocycles. The highest BCUT2D eigenvalue weighted by Gasteiger charge is 2.04. The second-order valence-electron chi connectivity index (χ2n) is 5.92. The van der Waals surface area contributed by atoms with Crippen LogP contribution >= 0.6 is 0 Å².